The fourth-order valence-corrected chi connectivity index (χ4v) is 0.607. The molecule has 3 heteroatoms. The minimum absolute atomic E-state index is 0. The summed E-state index contributed by atoms with van der Waals surface area (Å²) in [5.41, 5.74) is 3.54. The molecule has 1 aromatic heterocycles. The number of aryl methyl sites for hydroxylation is 2. The number of hydrogen-bond acceptors (Lipinski definition) is 1. The van der Waals surface area contributed by atoms with Gasteiger partial charge in [-0.2, -0.15) is 5.10 Å². The smallest absolute Gasteiger partial charge is 0.0623 e. The predicted molar refractivity (Wildman–Crippen MR) is 40.0 cm³/mol. The number of hydrogen-bond donors (Lipinski definition) is 1. The molecule has 0 fully saturated rings. The van der Waals surface area contributed by atoms with Gasteiger partial charge in [0, 0.05) is 5.69 Å². The highest BCUT2D eigenvalue weighted by atomic mass is 35.5. The maximum absolute atomic E-state index is 3.99. The van der Waals surface area contributed by atoms with Crippen LogP contribution in [0.25, 0.3) is 0 Å². The number of nitrogens with one attached hydrogen (secondary N) is 1. The third kappa shape index (κ3) is 1.45. The quantitative estimate of drug-likeness (QED) is 0.594. The van der Waals surface area contributed by atoms with E-state index in [1.54, 1.807) is 0 Å². The van der Waals surface area contributed by atoms with E-state index in [1.807, 2.05) is 13.8 Å². The van der Waals surface area contributed by atoms with Gasteiger partial charge in [-0.15, -0.1) is 12.4 Å². The Bertz CT molecular complexity index is 173. The van der Waals surface area contributed by atoms with Crippen molar-refractivity contribution in [1.29, 1.82) is 0 Å². The molecule has 0 radical (unpaired) electrons. The summed E-state index contributed by atoms with van der Waals surface area (Å²) in [5, 5.41) is 6.88. The molecule has 0 aliphatic rings. The molecule has 0 spiro atoms. The predicted octanol–water partition coefficient (Wildman–Crippen LogP) is 1.76. The fraction of sp³-hybridized carbons (Fsp3) is 0.500. The maximum Gasteiger partial charge on any atom is 0.0623 e. The van der Waals surface area contributed by atoms with E-state index in [0.717, 1.165) is 5.69 Å². The minimum atomic E-state index is 0. The van der Waals surface area contributed by atoms with Crippen LogP contribution in [0, 0.1) is 20.8 Å². The summed E-state index contributed by atoms with van der Waals surface area (Å²) in [5.74, 6) is 0. The van der Waals surface area contributed by atoms with Crippen LogP contribution in [-0.2, 0) is 0 Å². The van der Waals surface area contributed by atoms with Gasteiger partial charge in [-0.05, 0) is 26.3 Å². The standard InChI is InChI=1S/C6H10N2.ClH/c1-4-5(2)7-8-6(4)3;/h1-3H3,(H,7,8);1H. The lowest BCUT2D eigenvalue weighted by Gasteiger charge is -1.83. The molecule has 0 aromatic carbocycles. The molecule has 52 valence electrons. The van der Waals surface area contributed by atoms with Crippen LogP contribution in [0.2, 0.25) is 0 Å². The molecule has 0 unspecified atom stereocenters. The number of halogens is 1. The summed E-state index contributed by atoms with van der Waals surface area (Å²) in [6.45, 7) is 6.09. The van der Waals surface area contributed by atoms with Crippen LogP contribution in [0.5, 0.6) is 0 Å². The first kappa shape index (κ1) is 8.50. The number of aromatic amines is 1. The Morgan fingerprint density at radius 1 is 1.22 bits per heavy atom. The third-order valence-corrected chi connectivity index (χ3v) is 1.50. The molecule has 0 atom stereocenters. The van der Waals surface area contributed by atoms with Gasteiger partial charge in [-0.3, -0.25) is 5.10 Å². The molecule has 0 saturated heterocycles. The van der Waals surface area contributed by atoms with Gasteiger partial charge in [0.25, 0.3) is 0 Å². The Hall–Kier alpha value is -0.500. The van der Waals surface area contributed by atoms with Crippen molar-refractivity contribution in [3.05, 3.63) is 17.0 Å². The van der Waals surface area contributed by atoms with Gasteiger partial charge in [0.05, 0.1) is 5.69 Å². The van der Waals surface area contributed by atoms with Crippen LogP contribution in [-0.4, -0.2) is 10.2 Å². The van der Waals surface area contributed by atoms with Crippen molar-refractivity contribution < 1.29 is 0 Å². The van der Waals surface area contributed by atoms with E-state index in [4.69, 9.17) is 0 Å². The zero-order chi connectivity index (χ0) is 6.15. The van der Waals surface area contributed by atoms with Crippen molar-refractivity contribution in [3.8, 4) is 0 Å². The average Bonchev–Trinajstić information content (AvgIpc) is 1.98. The van der Waals surface area contributed by atoms with Gasteiger partial charge in [0.15, 0.2) is 0 Å². The molecule has 0 saturated carbocycles. The lowest BCUT2D eigenvalue weighted by molar-refractivity contribution is 1.02. The summed E-state index contributed by atoms with van der Waals surface area (Å²) in [6.07, 6.45) is 0. The number of rotatable bonds is 0. The average molecular weight is 147 g/mol. The Labute approximate surface area is 61.1 Å². The van der Waals surface area contributed by atoms with Gasteiger partial charge in [-0.25, -0.2) is 0 Å². The maximum atomic E-state index is 3.99. The molecular formula is C6H11ClN2. The Balaban J connectivity index is 0.000000640. The van der Waals surface area contributed by atoms with E-state index in [1.165, 1.54) is 11.3 Å². The Kier molecular flexibility index (Phi) is 2.71. The highest BCUT2D eigenvalue weighted by Crippen LogP contribution is 2.04. The minimum Gasteiger partial charge on any atom is -0.282 e. The van der Waals surface area contributed by atoms with Gasteiger partial charge in [0.2, 0.25) is 0 Å². The molecule has 2 nitrogen and oxygen atoms in total. The van der Waals surface area contributed by atoms with Gasteiger partial charge < -0.3 is 0 Å². The van der Waals surface area contributed by atoms with Gasteiger partial charge in [-0.1, -0.05) is 0 Å². The molecule has 1 rings (SSSR count). The molecule has 0 amide bonds. The SMILES string of the molecule is Cc1n[nH]c(C)c1C.Cl. The van der Waals surface area contributed by atoms with Crippen molar-refractivity contribution in [2.45, 2.75) is 20.8 Å². The number of H-pyrrole nitrogens is 1. The summed E-state index contributed by atoms with van der Waals surface area (Å²) in [4.78, 5) is 0. The zero-order valence-corrected chi connectivity index (χ0v) is 6.67. The van der Waals surface area contributed by atoms with E-state index in [-0.39, 0.29) is 12.4 Å². The van der Waals surface area contributed by atoms with Crippen LogP contribution in [0.15, 0.2) is 0 Å². The van der Waals surface area contributed by atoms with Crippen LogP contribution in [0.4, 0.5) is 0 Å². The van der Waals surface area contributed by atoms with E-state index < -0.39 is 0 Å². The largest absolute Gasteiger partial charge is 0.282 e. The summed E-state index contributed by atoms with van der Waals surface area (Å²) in [6, 6.07) is 0. The molecule has 1 heterocycles. The van der Waals surface area contributed by atoms with Crippen molar-refractivity contribution in [2.24, 2.45) is 0 Å². The third-order valence-electron chi connectivity index (χ3n) is 1.50. The molecule has 1 N–H and O–H groups in total. The van der Waals surface area contributed by atoms with Crippen molar-refractivity contribution in [1.82, 2.24) is 10.2 Å². The monoisotopic (exact) mass is 146 g/mol. The van der Waals surface area contributed by atoms with E-state index in [0.29, 0.717) is 0 Å². The van der Waals surface area contributed by atoms with Crippen LogP contribution >= 0.6 is 12.4 Å². The van der Waals surface area contributed by atoms with Crippen LogP contribution < -0.4 is 0 Å². The highest BCUT2D eigenvalue weighted by molar-refractivity contribution is 5.85. The first-order valence-corrected chi connectivity index (χ1v) is 2.70. The fourth-order valence-electron chi connectivity index (χ4n) is 0.607. The summed E-state index contributed by atoms with van der Waals surface area (Å²) in [7, 11) is 0. The van der Waals surface area contributed by atoms with Gasteiger partial charge in [0.1, 0.15) is 0 Å². The first-order valence-electron chi connectivity index (χ1n) is 2.70. The van der Waals surface area contributed by atoms with Crippen molar-refractivity contribution >= 4 is 12.4 Å². The molecule has 0 bridgehead atoms. The number of aromatic nitrogens is 2. The second kappa shape index (κ2) is 2.87. The van der Waals surface area contributed by atoms with E-state index >= 15 is 0 Å². The Morgan fingerprint density at radius 3 is 1.89 bits per heavy atom. The van der Waals surface area contributed by atoms with Crippen LogP contribution in [0.3, 0.4) is 0 Å². The normalized spacial score (nSPS) is 8.78. The molecular weight excluding hydrogens is 136 g/mol. The summed E-state index contributed by atoms with van der Waals surface area (Å²) >= 11 is 0. The molecule has 0 aliphatic heterocycles. The topological polar surface area (TPSA) is 28.7 Å². The molecule has 1 aromatic rings. The van der Waals surface area contributed by atoms with Crippen LogP contribution in [0.1, 0.15) is 17.0 Å². The Morgan fingerprint density at radius 2 is 1.78 bits per heavy atom. The zero-order valence-electron chi connectivity index (χ0n) is 5.86. The summed E-state index contributed by atoms with van der Waals surface area (Å²) < 4.78 is 0. The van der Waals surface area contributed by atoms with Crippen molar-refractivity contribution in [3.63, 3.8) is 0 Å². The van der Waals surface area contributed by atoms with E-state index in [2.05, 4.69) is 17.1 Å². The van der Waals surface area contributed by atoms with Gasteiger partial charge >= 0.3 is 0 Å². The lowest BCUT2D eigenvalue weighted by atomic mass is 10.2. The van der Waals surface area contributed by atoms with Crippen molar-refractivity contribution in [2.75, 3.05) is 0 Å². The first-order chi connectivity index (χ1) is 3.72. The highest BCUT2D eigenvalue weighted by Gasteiger charge is 1.96. The number of nitrogens with zero attached hydrogens (tertiary/aromatic N) is 1. The molecule has 0 aliphatic carbocycles. The molecule has 9 heavy (non-hydrogen) atoms. The lowest BCUT2D eigenvalue weighted by Crippen LogP contribution is -1.73. The second-order valence-corrected chi connectivity index (χ2v) is 2.06. The second-order valence-electron chi connectivity index (χ2n) is 2.06. The van der Waals surface area contributed by atoms with E-state index in [9.17, 15) is 0 Å².